The van der Waals surface area contributed by atoms with Crippen LogP contribution in [-0.2, 0) is 4.79 Å². The number of rotatable bonds is 6. The lowest BCUT2D eigenvalue weighted by atomic mass is 10.2. The molecule has 1 aliphatic heterocycles. The maximum Gasteiger partial charge on any atom is 0.387 e. The van der Waals surface area contributed by atoms with Crippen molar-refractivity contribution in [2.24, 2.45) is 0 Å². The number of carbonyl (C=O) groups is 1. The monoisotopic (exact) mass is 377 g/mol. The molecule has 1 N–H and O–H groups in total. The molecule has 144 valence electrons. The van der Waals surface area contributed by atoms with E-state index in [4.69, 9.17) is 0 Å². The maximum atomic E-state index is 12.6. The maximum absolute atomic E-state index is 12.6. The van der Waals surface area contributed by atoms with Crippen molar-refractivity contribution in [1.82, 2.24) is 14.9 Å². The van der Waals surface area contributed by atoms with E-state index in [1.807, 2.05) is 4.90 Å². The zero-order chi connectivity index (χ0) is 19.2. The summed E-state index contributed by atoms with van der Waals surface area (Å²) in [6, 6.07) is 5.75. The topological polar surface area (TPSA) is 70.6 Å². The first-order valence-electron chi connectivity index (χ1n) is 8.64. The second-order valence-electron chi connectivity index (χ2n) is 6.13. The predicted octanol–water partition coefficient (Wildman–Crippen LogP) is 2.23. The molecule has 1 aromatic carbocycles. The fourth-order valence-corrected chi connectivity index (χ4v) is 2.96. The summed E-state index contributed by atoms with van der Waals surface area (Å²) in [6.07, 6.45) is 4.99. The first-order chi connectivity index (χ1) is 13.0. The molecule has 1 amide bonds. The van der Waals surface area contributed by atoms with Gasteiger partial charge in [0.05, 0.1) is 17.9 Å². The van der Waals surface area contributed by atoms with E-state index >= 15 is 0 Å². The summed E-state index contributed by atoms with van der Waals surface area (Å²) in [5, 5.41) is 2.68. The van der Waals surface area contributed by atoms with E-state index in [1.54, 1.807) is 37.6 Å². The molecule has 0 aliphatic carbocycles. The van der Waals surface area contributed by atoms with Gasteiger partial charge >= 0.3 is 6.61 Å². The number of aromatic nitrogens is 2. The Morgan fingerprint density at radius 2 is 1.93 bits per heavy atom. The normalized spacial score (nSPS) is 16.2. The Hall–Kier alpha value is -2.81. The summed E-state index contributed by atoms with van der Waals surface area (Å²) >= 11 is 0. The first-order valence-corrected chi connectivity index (χ1v) is 8.64. The molecule has 9 heteroatoms. The van der Waals surface area contributed by atoms with E-state index < -0.39 is 12.7 Å². The minimum absolute atomic E-state index is 0.0551. The van der Waals surface area contributed by atoms with Crippen LogP contribution in [0.2, 0.25) is 0 Å². The van der Waals surface area contributed by atoms with Crippen LogP contribution in [0.15, 0.2) is 42.9 Å². The summed E-state index contributed by atoms with van der Waals surface area (Å²) in [6.45, 7) is 1.66. The van der Waals surface area contributed by atoms with Crippen molar-refractivity contribution in [1.29, 1.82) is 0 Å². The zero-order valence-corrected chi connectivity index (χ0v) is 14.9. The van der Waals surface area contributed by atoms with Gasteiger partial charge in [0.25, 0.3) is 0 Å². The van der Waals surface area contributed by atoms with Crippen LogP contribution in [0.3, 0.4) is 0 Å². The Balaban J connectivity index is 1.57. The highest BCUT2D eigenvalue weighted by atomic mass is 19.3. The quantitative estimate of drug-likeness (QED) is 0.833. The first kappa shape index (κ1) is 19.0. The van der Waals surface area contributed by atoms with E-state index in [2.05, 4.69) is 24.9 Å². The van der Waals surface area contributed by atoms with Crippen LogP contribution in [-0.4, -0.2) is 59.6 Å². The number of amides is 1. The fraction of sp³-hybridized carbons (Fsp3) is 0.389. The lowest BCUT2D eigenvalue weighted by Crippen LogP contribution is -2.53. The summed E-state index contributed by atoms with van der Waals surface area (Å²) in [4.78, 5) is 25.1. The van der Waals surface area contributed by atoms with Crippen LogP contribution in [0.25, 0.3) is 0 Å². The average molecular weight is 377 g/mol. The van der Waals surface area contributed by atoms with Gasteiger partial charge in [-0.25, -0.2) is 4.98 Å². The highest BCUT2D eigenvalue weighted by Crippen LogP contribution is 2.26. The molecule has 0 radical (unpaired) electrons. The van der Waals surface area contributed by atoms with Crippen LogP contribution >= 0.6 is 0 Å². The second-order valence-corrected chi connectivity index (χ2v) is 6.13. The number of anilines is 2. The second kappa shape index (κ2) is 8.72. The molecule has 1 aromatic heterocycles. The molecule has 1 saturated heterocycles. The molecule has 2 aromatic rings. The Labute approximate surface area is 156 Å². The molecule has 0 saturated carbocycles. The van der Waals surface area contributed by atoms with Gasteiger partial charge in [-0.05, 0) is 19.1 Å². The smallest absolute Gasteiger partial charge is 0.387 e. The van der Waals surface area contributed by atoms with Gasteiger partial charge in [0.15, 0.2) is 0 Å². The van der Waals surface area contributed by atoms with E-state index in [-0.39, 0.29) is 17.3 Å². The number of carbonyl (C=O) groups excluding carboxylic acids is 1. The van der Waals surface area contributed by atoms with E-state index in [0.717, 1.165) is 18.9 Å². The number of para-hydroxylation sites is 2. The highest BCUT2D eigenvalue weighted by molar-refractivity contribution is 5.95. The van der Waals surface area contributed by atoms with Crippen LogP contribution in [0.4, 0.5) is 20.3 Å². The van der Waals surface area contributed by atoms with Gasteiger partial charge in [-0.3, -0.25) is 14.7 Å². The van der Waals surface area contributed by atoms with Crippen molar-refractivity contribution < 1.29 is 18.3 Å². The summed E-state index contributed by atoms with van der Waals surface area (Å²) in [5.41, 5.74) is 0.229. The minimum atomic E-state index is -2.95. The molecule has 0 bridgehead atoms. The Bertz CT molecular complexity index is 754. The van der Waals surface area contributed by atoms with E-state index in [9.17, 15) is 13.6 Å². The fourth-order valence-electron chi connectivity index (χ4n) is 2.96. The number of piperazine rings is 1. The van der Waals surface area contributed by atoms with Crippen LogP contribution in [0.1, 0.15) is 6.92 Å². The number of hydrogen-bond acceptors (Lipinski definition) is 6. The SMILES string of the molecule is CC(C(=O)Nc1ccccc1OC(F)F)N1CCN(c2cnccn2)CC1. The largest absolute Gasteiger partial charge is 0.433 e. The van der Waals surface area contributed by atoms with Crippen LogP contribution in [0.5, 0.6) is 5.75 Å². The number of nitrogens with one attached hydrogen (secondary N) is 1. The van der Waals surface area contributed by atoms with E-state index in [1.165, 1.54) is 12.1 Å². The predicted molar refractivity (Wildman–Crippen MR) is 97.0 cm³/mol. The molecule has 1 atom stereocenters. The van der Waals surface area contributed by atoms with Crippen molar-refractivity contribution in [3.8, 4) is 5.75 Å². The Morgan fingerprint density at radius 3 is 2.59 bits per heavy atom. The minimum Gasteiger partial charge on any atom is -0.433 e. The van der Waals surface area contributed by atoms with Gasteiger partial charge in [0.2, 0.25) is 5.91 Å². The van der Waals surface area contributed by atoms with Crippen molar-refractivity contribution in [3.63, 3.8) is 0 Å². The molecule has 3 rings (SSSR count). The van der Waals surface area contributed by atoms with Gasteiger partial charge in [0, 0.05) is 38.6 Å². The van der Waals surface area contributed by atoms with Gasteiger partial charge in [-0.15, -0.1) is 0 Å². The van der Waals surface area contributed by atoms with Crippen molar-refractivity contribution in [3.05, 3.63) is 42.9 Å². The van der Waals surface area contributed by atoms with Crippen molar-refractivity contribution >= 4 is 17.4 Å². The van der Waals surface area contributed by atoms with Crippen LogP contribution < -0.4 is 15.0 Å². The summed E-state index contributed by atoms with van der Waals surface area (Å²) < 4.78 is 29.5. The Morgan fingerprint density at radius 1 is 1.19 bits per heavy atom. The lowest BCUT2D eigenvalue weighted by molar-refractivity contribution is -0.120. The number of hydrogen-bond donors (Lipinski definition) is 1. The van der Waals surface area contributed by atoms with E-state index in [0.29, 0.717) is 13.1 Å². The third-order valence-electron chi connectivity index (χ3n) is 4.48. The van der Waals surface area contributed by atoms with Crippen LogP contribution in [0, 0.1) is 0 Å². The Kier molecular flexibility index (Phi) is 6.12. The molecule has 1 unspecified atom stereocenters. The summed E-state index contributed by atoms with van der Waals surface area (Å²) in [5.74, 6) is 0.487. The zero-order valence-electron chi connectivity index (χ0n) is 14.9. The number of ether oxygens (including phenoxy) is 1. The van der Waals surface area contributed by atoms with Gasteiger partial charge < -0.3 is 15.0 Å². The standard InChI is InChI=1S/C18H21F2N5O2/c1-13(17(26)23-14-4-2-3-5-15(14)27-18(19)20)24-8-10-25(11-9-24)16-12-21-6-7-22-16/h2-7,12-13,18H,8-11H2,1H3,(H,23,26). The molecule has 1 fully saturated rings. The van der Waals surface area contributed by atoms with Gasteiger partial charge in [-0.1, -0.05) is 12.1 Å². The third-order valence-corrected chi connectivity index (χ3v) is 4.48. The molecule has 1 aliphatic rings. The van der Waals surface area contributed by atoms with Gasteiger partial charge in [0.1, 0.15) is 11.6 Å². The molecule has 2 heterocycles. The van der Waals surface area contributed by atoms with Crippen molar-refractivity contribution in [2.75, 3.05) is 36.4 Å². The third kappa shape index (κ3) is 4.88. The molecular weight excluding hydrogens is 356 g/mol. The van der Waals surface area contributed by atoms with Crippen molar-refractivity contribution in [2.45, 2.75) is 19.6 Å². The number of nitrogens with zero attached hydrogens (tertiary/aromatic N) is 4. The number of alkyl halides is 2. The molecule has 0 spiro atoms. The van der Waals surface area contributed by atoms with Gasteiger partial charge in [-0.2, -0.15) is 8.78 Å². The molecule has 27 heavy (non-hydrogen) atoms. The molecule has 7 nitrogen and oxygen atoms in total. The molecular formula is C18H21F2N5O2. The summed E-state index contributed by atoms with van der Waals surface area (Å²) in [7, 11) is 0. The number of benzene rings is 1. The average Bonchev–Trinajstić information content (AvgIpc) is 2.69. The number of halogens is 2. The highest BCUT2D eigenvalue weighted by Gasteiger charge is 2.26. The lowest BCUT2D eigenvalue weighted by Gasteiger charge is -2.37.